The summed E-state index contributed by atoms with van der Waals surface area (Å²) in [6.07, 6.45) is 6.97. The van der Waals surface area contributed by atoms with Gasteiger partial charge in [-0.2, -0.15) is 8.75 Å². The minimum Gasteiger partial charge on any atom is -0.493 e. The number of rotatable bonds is 12. The van der Waals surface area contributed by atoms with Gasteiger partial charge in [0.15, 0.2) is 19.7 Å². The van der Waals surface area contributed by atoms with Gasteiger partial charge in [0.2, 0.25) is 0 Å². The lowest BCUT2D eigenvalue weighted by atomic mass is 9.85. The topological polar surface area (TPSA) is 145 Å². The number of fused-ring (bicyclic) bond motifs is 2. The van der Waals surface area contributed by atoms with Gasteiger partial charge < -0.3 is 9.47 Å². The minimum absolute atomic E-state index is 0.000666. The minimum atomic E-state index is -3.59. The quantitative estimate of drug-likeness (QED) is 0.108. The van der Waals surface area contributed by atoms with Crippen molar-refractivity contribution < 1.29 is 43.9 Å². The molecule has 2 aromatic heterocycles. The number of piperidine rings is 2. The molecule has 68 heavy (non-hydrogen) atoms. The van der Waals surface area contributed by atoms with E-state index in [-0.39, 0.29) is 82.3 Å². The number of sulfone groups is 2. The Morgan fingerprint density at radius 2 is 0.971 bits per heavy atom. The van der Waals surface area contributed by atoms with Gasteiger partial charge in [-0.3, -0.25) is 18.6 Å². The smallest absolute Gasteiger partial charge is 0.185 e. The number of aromatic nitrogens is 4. The summed E-state index contributed by atoms with van der Waals surface area (Å²) in [6.45, 7) is 1.58. The first kappa shape index (κ1) is 48.2. The fourth-order valence-electron chi connectivity index (χ4n) is 9.95. The van der Waals surface area contributed by atoms with Crippen LogP contribution in [0.2, 0.25) is 0 Å². The van der Waals surface area contributed by atoms with Crippen LogP contribution in [0, 0.1) is 23.5 Å². The maximum Gasteiger partial charge on any atom is 0.185 e. The van der Waals surface area contributed by atoms with Crippen LogP contribution in [0.15, 0.2) is 107 Å². The molecular weight excluding hydrogens is 961 g/mol. The number of hydrogen-bond acceptors (Lipinski definition) is 14. The largest absolute Gasteiger partial charge is 0.493 e. The third-order valence-electron chi connectivity index (χ3n) is 13.4. The zero-order chi connectivity index (χ0) is 47.4. The van der Waals surface area contributed by atoms with Gasteiger partial charge in [-0.15, -0.1) is 0 Å². The molecule has 0 spiro atoms. The van der Waals surface area contributed by atoms with E-state index in [1.54, 1.807) is 48.5 Å². The van der Waals surface area contributed by atoms with E-state index in [1.165, 1.54) is 36.9 Å². The lowest BCUT2D eigenvalue weighted by Crippen LogP contribution is -2.41. The first-order valence-corrected chi connectivity index (χ1v) is 27.4. The van der Waals surface area contributed by atoms with Crippen LogP contribution in [-0.4, -0.2) is 85.0 Å². The first-order valence-electron chi connectivity index (χ1n) is 22.5. The van der Waals surface area contributed by atoms with Crippen molar-refractivity contribution in [3.8, 4) is 11.5 Å². The highest BCUT2D eigenvalue weighted by molar-refractivity contribution is 7.91. The van der Waals surface area contributed by atoms with Crippen molar-refractivity contribution in [1.29, 1.82) is 0 Å². The first-order chi connectivity index (χ1) is 32.9. The molecule has 12 nitrogen and oxygen atoms in total. The van der Waals surface area contributed by atoms with Crippen LogP contribution >= 0.6 is 23.1 Å². The third kappa shape index (κ3) is 10.8. The van der Waals surface area contributed by atoms with Crippen LogP contribution in [0.5, 0.6) is 11.5 Å². The highest BCUT2D eigenvalue weighted by Gasteiger charge is 2.39. The Balaban J connectivity index is 0.000000170. The van der Waals surface area contributed by atoms with Crippen molar-refractivity contribution in [3.05, 3.63) is 141 Å². The third-order valence-corrected chi connectivity index (χ3v) is 18.3. The fourth-order valence-corrected chi connectivity index (χ4v) is 14.2. The van der Waals surface area contributed by atoms with E-state index in [0.717, 1.165) is 71.0 Å². The molecule has 4 aliphatic heterocycles. The summed E-state index contributed by atoms with van der Waals surface area (Å²) in [5.74, 6) is 0.0442. The summed E-state index contributed by atoms with van der Waals surface area (Å²) in [4.78, 5) is 13.0. The van der Waals surface area contributed by atoms with Crippen molar-refractivity contribution in [2.45, 2.75) is 84.0 Å². The van der Waals surface area contributed by atoms with E-state index in [2.05, 4.69) is 28.5 Å². The van der Waals surface area contributed by atoms with Crippen LogP contribution in [0.4, 0.5) is 17.6 Å². The Morgan fingerprint density at radius 3 is 1.34 bits per heavy atom. The van der Waals surface area contributed by atoms with Crippen LogP contribution in [-0.2, 0) is 31.2 Å². The van der Waals surface area contributed by atoms with Crippen molar-refractivity contribution in [2.24, 2.45) is 11.8 Å². The van der Waals surface area contributed by atoms with E-state index >= 15 is 0 Å². The van der Waals surface area contributed by atoms with E-state index < -0.39 is 19.7 Å². The second-order valence-electron chi connectivity index (χ2n) is 17.6. The van der Waals surface area contributed by atoms with Crippen molar-refractivity contribution in [1.82, 2.24) is 28.5 Å². The molecular formula is C48H50F4N6O6S4. The predicted octanol–water partition coefficient (Wildman–Crippen LogP) is 9.79. The Labute approximate surface area is 401 Å². The Morgan fingerprint density at radius 1 is 0.559 bits per heavy atom. The van der Waals surface area contributed by atoms with Gasteiger partial charge in [-0.05, 0) is 133 Å². The lowest BCUT2D eigenvalue weighted by molar-refractivity contribution is 0.0394. The molecule has 4 aliphatic rings. The zero-order valence-electron chi connectivity index (χ0n) is 36.9. The molecule has 2 saturated heterocycles. The Bertz CT molecular complexity index is 2670. The van der Waals surface area contributed by atoms with Gasteiger partial charge in [-0.25, -0.2) is 35.6 Å². The van der Waals surface area contributed by atoms with E-state index in [4.69, 9.17) is 9.47 Å². The molecule has 0 radical (unpaired) electrons. The van der Waals surface area contributed by atoms with Gasteiger partial charge in [0.05, 0.1) is 36.4 Å². The van der Waals surface area contributed by atoms with Crippen molar-refractivity contribution >= 4 is 42.7 Å². The highest BCUT2D eigenvalue weighted by Crippen LogP contribution is 2.47. The number of nitrogens with zero attached hydrogens (tertiary/aromatic N) is 6. The monoisotopic (exact) mass is 1010 g/mol. The van der Waals surface area contributed by atoms with E-state index in [9.17, 15) is 34.4 Å². The van der Waals surface area contributed by atoms with Gasteiger partial charge in [0.1, 0.15) is 57.3 Å². The molecule has 6 heterocycles. The van der Waals surface area contributed by atoms with Crippen LogP contribution in [0.25, 0.3) is 0 Å². The van der Waals surface area contributed by atoms with Gasteiger partial charge in [0, 0.05) is 48.1 Å². The summed E-state index contributed by atoms with van der Waals surface area (Å²) in [7, 11) is -7.18. The highest BCUT2D eigenvalue weighted by atomic mass is 32.2. The maximum atomic E-state index is 13.6. The summed E-state index contributed by atoms with van der Waals surface area (Å²) in [5.41, 5.74) is 3.77. The number of halogens is 4. The summed E-state index contributed by atoms with van der Waals surface area (Å²) >= 11 is 2.13. The second-order valence-corrected chi connectivity index (χ2v) is 23.3. The average molecular weight is 1010 g/mol. The number of ether oxygens (including phenoxy) is 2. The fraction of sp³-hybridized carbons (Fsp3) is 0.417. The molecule has 0 amide bonds. The number of likely N-dealkylation sites (tertiary alicyclic amines) is 2. The summed E-state index contributed by atoms with van der Waals surface area (Å²) in [5, 5.41) is 0.878. The molecule has 0 unspecified atom stereocenters. The molecule has 6 atom stereocenters. The summed E-state index contributed by atoms with van der Waals surface area (Å²) in [6, 6.07) is 22.9. The van der Waals surface area contributed by atoms with Crippen LogP contribution < -0.4 is 9.47 Å². The van der Waals surface area contributed by atoms with E-state index in [0.29, 0.717) is 60.7 Å². The zero-order valence-corrected chi connectivity index (χ0v) is 40.1. The van der Waals surface area contributed by atoms with E-state index in [1.807, 2.05) is 12.1 Å². The lowest BCUT2D eigenvalue weighted by Gasteiger charge is -2.45. The maximum absolute atomic E-state index is 13.6. The van der Waals surface area contributed by atoms with Crippen molar-refractivity contribution in [3.63, 3.8) is 0 Å². The van der Waals surface area contributed by atoms with Gasteiger partial charge in [0.25, 0.3) is 0 Å². The molecule has 2 fully saturated rings. The Hall–Kier alpha value is -4.86. The normalized spacial score (nSPS) is 23.3. The number of hydrogen-bond donors (Lipinski definition) is 0. The predicted molar refractivity (Wildman–Crippen MR) is 249 cm³/mol. The summed E-state index contributed by atoms with van der Waals surface area (Å²) < 4.78 is 125. The van der Waals surface area contributed by atoms with Crippen molar-refractivity contribution in [2.75, 3.05) is 39.7 Å². The number of benzene rings is 4. The molecule has 0 N–H and O–H groups in total. The molecule has 360 valence electrons. The molecule has 4 aromatic carbocycles. The number of alkyl halides is 2. The average Bonchev–Trinajstić information content (AvgIpc) is 4.08. The molecule has 20 heteroatoms. The molecule has 0 aliphatic carbocycles. The molecule has 0 saturated carbocycles. The molecule has 10 rings (SSSR count). The molecule has 0 bridgehead atoms. The standard InChI is InChI=1S/2C24H25F2N3O3S2/c2*25-13-16-7-9-29(22(11-16)17-1-3-18(26)4-2-17)21-8-10-32-23-12-19(5-6-20(21)23)34(30,31)14-24-27-15-28-33-24/h2*1-6,12,15-16,21-22H,7-11,13-14H2/t16-,21+,22+;16-,21-,22+/m11/s1. The SMILES string of the molecule is O=S(=O)(Cc1ncns1)c1ccc2c(c1)OCC[C@@H]2N1CC[C@@H](CF)C[C@H]1c1ccc(F)cc1.O=S(=O)(Cc1ncns1)c1ccc2c(c1)OCC[C@H]2N1CC[C@@H](CF)C[C@H]1c1ccc(F)cc1. The van der Waals surface area contributed by atoms with Crippen LogP contribution in [0.1, 0.15) is 95.0 Å². The second kappa shape index (κ2) is 21.0. The van der Waals surface area contributed by atoms with Crippen LogP contribution in [0.3, 0.4) is 0 Å². The van der Waals surface area contributed by atoms with Gasteiger partial charge >= 0.3 is 0 Å². The van der Waals surface area contributed by atoms with Gasteiger partial charge in [-0.1, -0.05) is 36.4 Å². The molecule has 6 aromatic rings. The Kier molecular flexibility index (Phi) is 14.9.